The Kier molecular flexibility index (Phi) is 7.85. The van der Waals surface area contributed by atoms with Gasteiger partial charge < -0.3 is 5.11 Å². The Morgan fingerprint density at radius 3 is 1.92 bits per heavy atom. The first-order chi connectivity index (χ1) is 5.83. The highest BCUT2D eigenvalue weighted by Crippen LogP contribution is 2.28. The van der Waals surface area contributed by atoms with Crippen molar-refractivity contribution in [1.29, 1.82) is 0 Å². The summed E-state index contributed by atoms with van der Waals surface area (Å²) in [5.74, 6) is -0.125. The number of carboxylic acids is 1. The van der Waals surface area contributed by atoms with Gasteiger partial charge in [-0.15, -0.1) is 0 Å². The number of carbonyl (C=O) groups is 1. The molecule has 0 atom stereocenters. The summed E-state index contributed by atoms with van der Waals surface area (Å²) < 4.78 is 0. The first-order valence-corrected chi connectivity index (χ1v) is 4.25. The normalized spacial score (nSPS) is 10.7. The van der Waals surface area contributed by atoms with Crippen LogP contribution in [0.4, 0.5) is 0 Å². The molecule has 0 saturated heterocycles. The Morgan fingerprint density at radius 2 is 1.69 bits per heavy atom. The largest absolute Gasteiger partial charge is 0.481 e. The average molecular weight is 192 g/mol. The lowest BCUT2D eigenvalue weighted by molar-refractivity contribution is -0.176. The van der Waals surface area contributed by atoms with Gasteiger partial charge in [0.25, 0.3) is 0 Å². The van der Waals surface area contributed by atoms with E-state index in [0.717, 1.165) is 6.42 Å². The zero-order chi connectivity index (χ0) is 11.1. The van der Waals surface area contributed by atoms with Gasteiger partial charge in [-0.1, -0.05) is 27.7 Å². The van der Waals surface area contributed by atoms with Crippen molar-refractivity contribution in [3.8, 4) is 0 Å². The standard InChI is InChI=1S/C9H18O2.H2O2/c1-7(2)5-9(3,4)6-8(10)11;1-2/h7H,5-6H2,1-4H3,(H,10,11);1-2H. The van der Waals surface area contributed by atoms with Crippen LogP contribution < -0.4 is 0 Å². The molecule has 0 aliphatic heterocycles. The van der Waals surface area contributed by atoms with Crippen molar-refractivity contribution in [2.45, 2.75) is 40.5 Å². The quantitative estimate of drug-likeness (QED) is 0.472. The predicted molar refractivity (Wildman–Crippen MR) is 50.7 cm³/mol. The van der Waals surface area contributed by atoms with E-state index in [9.17, 15) is 4.79 Å². The molecule has 13 heavy (non-hydrogen) atoms. The molecular formula is C9H20O4. The van der Waals surface area contributed by atoms with Gasteiger partial charge in [0, 0.05) is 0 Å². The Hall–Kier alpha value is -0.610. The second-order valence-corrected chi connectivity index (χ2v) is 4.33. The van der Waals surface area contributed by atoms with E-state index in [1.807, 2.05) is 13.8 Å². The number of carboxylic acid groups (broad SMARTS) is 1. The maximum atomic E-state index is 10.4. The molecule has 0 spiro atoms. The molecular weight excluding hydrogens is 172 g/mol. The van der Waals surface area contributed by atoms with Gasteiger partial charge in [-0.2, -0.15) is 0 Å². The van der Waals surface area contributed by atoms with Gasteiger partial charge in [0.1, 0.15) is 0 Å². The molecule has 0 heterocycles. The van der Waals surface area contributed by atoms with Crippen LogP contribution in [-0.4, -0.2) is 21.6 Å². The second-order valence-electron chi connectivity index (χ2n) is 4.33. The average Bonchev–Trinajstić information content (AvgIpc) is 1.85. The van der Waals surface area contributed by atoms with Crippen molar-refractivity contribution in [2.75, 3.05) is 0 Å². The molecule has 0 aliphatic carbocycles. The molecule has 4 nitrogen and oxygen atoms in total. The zero-order valence-corrected chi connectivity index (χ0v) is 8.74. The minimum atomic E-state index is -0.698. The highest BCUT2D eigenvalue weighted by molar-refractivity contribution is 5.67. The van der Waals surface area contributed by atoms with Crippen molar-refractivity contribution in [3.63, 3.8) is 0 Å². The first kappa shape index (κ1) is 14.9. The molecule has 3 N–H and O–H groups in total. The molecule has 0 fully saturated rings. The monoisotopic (exact) mass is 192 g/mol. The van der Waals surface area contributed by atoms with E-state index in [4.69, 9.17) is 15.6 Å². The molecule has 0 aromatic rings. The highest BCUT2D eigenvalue weighted by Gasteiger charge is 2.22. The fourth-order valence-corrected chi connectivity index (χ4v) is 1.59. The van der Waals surface area contributed by atoms with Crippen LogP contribution in [0.1, 0.15) is 40.5 Å². The van der Waals surface area contributed by atoms with E-state index in [1.165, 1.54) is 0 Å². The van der Waals surface area contributed by atoms with Gasteiger partial charge in [0.2, 0.25) is 0 Å². The molecule has 0 amide bonds. The summed E-state index contributed by atoms with van der Waals surface area (Å²) in [7, 11) is 0. The van der Waals surface area contributed by atoms with E-state index in [-0.39, 0.29) is 11.8 Å². The summed E-state index contributed by atoms with van der Waals surface area (Å²) in [5, 5.41) is 20.6. The summed E-state index contributed by atoms with van der Waals surface area (Å²) in [5.41, 5.74) is -0.0556. The van der Waals surface area contributed by atoms with Crippen LogP contribution in [0.5, 0.6) is 0 Å². The summed E-state index contributed by atoms with van der Waals surface area (Å²) in [4.78, 5) is 10.4. The lowest BCUT2D eigenvalue weighted by Gasteiger charge is -2.24. The van der Waals surface area contributed by atoms with Crippen molar-refractivity contribution < 1.29 is 20.4 Å². The zero-order valence-electron chi connectivity index (χ0n) is 8.74. The molecule has 4 heteroatoms. The summed E-state index contributed by atoms with van der Waals surface area (Å²) in [6.45, 7) is 8.23. The third kappa shape index (κ3) is 11.4. The maximum absolute atomic E-state index is 10.4. The van der Waals surface area contributed by atoms with Crippen LogP contribution >= 0.6 is 0 Å². The molecule has 0 rings (SSSR count). The molecule has 0 saturated carbocycles. The SMILES string of the molecule is CC(C)CC(C)(C)CC(=O)O.OO. The van der Waals surface area contributed by atoms with Crippen molar-refractivity contribution >= 4 is 5.97 Å². The van der Waals surface area contributed by atoms with Gasteiger partial charge in [0.05, 0.1) is 6.42 Å². The molecule has 80 valence electrons. The van der Waals surface area contributed by atoms with Crippen LogP contribution in [0.15, 0.2) is 0 Å². The number of hydrogen-bond acceptors (Lipinski definition) is 3. The molecule has 0 aromatic heterocycles. The lowest BCUT2D eigenvalue weighted by atomic mass is 9.81. The van der Waals surface area contributed by atoms with E-state index in [2.05, 4.69) is 13.8 Å². The van der Waals surface area contributed by atoms with E-state index >= 15 is 0 Å². The van der Waals surface area contributed by atoms with E-state index < -0.39 is 5.97 Å². The molecule has 0 aromatic carbocycles. The maximum Gasteiger partial charge on any atom is 0.303 e. The molecule has 0 bridgehead atoms. The van der Waals surface area contributed by atoms with Crippen LogP contribution in [0.25, 0.3) is 0 Å². The molecule has 0 unspecified atom stereocenters. The van der Waals surface area contributed by atoms with Gasteiger partial charge in [-0.3, -0.25) is 15.3 Å². The first-order valence-electron chi connectivity index (χ1n) is 4.25. The van der Waals surface area contributed by atoms with Crippen LogP contribution in [-0.2, 0) is 4.79 Å². The number of hydrogen-bond donors (Lipinski definition) is 3. The van der Waals surface area contributed by atoms with Gasteiger partial charge >= 0.3 is 5.97 Å². The van der Waals surface area contributed by atoms with Crippen molar-refractivity contribution in [3.05, 3.63) is 0 Å². The van der Waals surface area contributed by atoms with Gasteiger partial charge in [-0.05, 0) is 17.8 Å². The Labute approximate surface area is 79.1 Å². The fourth-order valence-electron chi connectivity index (χ4n) is 1.59. The van der Waals surface area contributed by atoms with Crippen LogP contribution in [0.3, 0.4) is 0 Å². The third-order valence-corrected chi connectivity index (χ3v) is 1.59. The minimum Gasteiger partial charge on any atom is -0.481 e. The summed E-state index contributed by atoms with van der Waals surface area (Å²) >= 11 is 0. The van der Waals surface area contributed by atoms with Crippen LogP contribution in [0.2, 0.25) is 0 Å². The van der Waals surface area contributed by atoms with Gasteiger partial charge in [-0.25, -0.2) is 0 Å². The smallest absolute Gasteiger partial charge is 0.303 e. The lowest BCUT2D eigenvalue weighted by Crippen LogP contribution is -2.18. The number of rotatable bonds is 4. The highest BCUT2D eigenvalue weighted by atomic mass is 17.0. The Bertz CT molecular complexity index is 141. The van der Waals surface area contributed by atoms with E-state index in [1.54, 1.807) is 0 Å². The van der Waals surface area contributed by atoms with Crippen LogP contribution in [0, 0.1) is 11.3 Å². The molecule has 0 aliphatic rings. The van der Waals surface area contributed by atoms with Crippen molar-refractivity contribution in [2.24, 2.45) is 11.3 Å². The minimum absolute atomic E-state index is 0.0556. The van der Waals surface area contributed by atoms with Crippen molar-refractivity contribution in [1.82, 2.24) is 0 Å². The van der Waals surface area contributed by atoms with Gasteiger partial charge in [0.15, 0.2) is 0 Å². The third-order valence-electron chi connectivity index (χ3n) is 1.59. The fraction of sp³-hybridized carbons (Fsp3) is 0.889. The van der Waals surface area contributed by atoms with E-state index in [0.29, 0.717) is 5.92 Å². The number of aliphatic carboxylic acids is 1. The Balaban J connectivity index is 0. The second kappa shape index (κ2) is 6.86. The predicted octanol–water partition coefficient (Wildman–Crippen LogP) is 2.55. The summed E-state index contributed by atoms with van der Waals surface area (Å²) in [6, 6.07) is 0. The molecule has 0 radical (unpaired) electrons. The topological polar surface area (TPSA) is 77.8 Å². The Morgan fingerprint density at radius 1 is 1.31 bits per heavy atom. The summed E-state index contributed by atoms with van der Waals surface area (Å²) in [6.07, 6.45) is 1.24.